The molecule has 2 heterocycles. The Balaban J connectivity index is 1.53. The average Bonchev–Trinajstić information content (AvgIpc) is 3.25. The second-order valence-corrected chi connectivity index (χ2v) is 6.16. The molecule has 1 aliphatic heterocycles. The summed E-state index contributed by atoms with van der Waals surface area (Å²) < 4.78 is 6.69. The largest absolute Gasteiger partial charge is 0.477 e. The van der Waals surface area contributed by atoms with Crippen LogP contribution in [0.25, 0.3) is 0 Å². The van der Waals surface area contributed by atoms with Crippen molar-refractivity contribution in [3.63, 3.8) is 0 Å². The van der Waals surface area contributed by atoms with Gasteiger partial charge in [0.2, 0.25) is 0 Å². The molecule has 2 fully saturated rings. The Kier molecular flexibility index (Phi) is 4.04. The molecule has 3 rings (SSSR count). The van der Waals surface area contributed by atoms with E-state index >= 15 is 0 Å². The minimum atomic E-state index is -0.970. The molecule has 2 aliphatic rings. The normalized spacial score (nSPS) is 19.2. The summed E-state index contributed by atoms with van der Waals surface area (Å²) in [4.78, 5) is 24.7. The number of carbonyl (C=O) groups excluding carboxylic acids is 1. The fourth-order valence-corrected chi connectivity index (χ4v) is 2.81. The number of aromatic carboxylic acids is 1. The van der Waals surface area contributed by atoms with Gasteiger partial charge in [0.15, 0.2) is 0 Å². The van der Waals surface area contributed by atoms with Crippen LogP contribution in [0, 0.1) is 5.92 Å². The second-order valence-electron chi connectivity index (χ2n) is 6.16. The summed E-state index contributed by atoms with van der Waals surface area (Å²) in [6.45, 7) is 1.81. The molecule has 1 aliphatic carbocycles. The van der Waals surface area contributed by atoms with Crippen molar-refractivity contribution in [3.05, 3.63) is 17.5 Å². The lowest BCUT2D eigenvalue weighted by atomic mass is 9.93. The van der Waals surface area contributed by atoms with Crippen molar-refractivity contribution in [2.75, 3.05) is 19.7 Å². The van der Waals surface area contributed by atoms with Crippen LogP contribution in [0.15, 0.2) is 6.07 Å². The number of aryl methyl sites for hydroxylation is 1. The molecule has 1 saturated carbocycles. The van der Waals surface area contributed by atoms with Crippen molar-refractivity contribution >= 4 is 12.1 Å². The summed E-state index contributed by atoms with van der Waals surface area (Å²) in [6.07, 6.45) is 3.68. The van der Waals surface area contributed by atoms with E-state index < -0.39 is 5.97 Å². The zero-order valence-corrected chi connectivity index (χ0v) is 12.7. The Morgan fingerprint density at radius 2 is 2.00 bits per heavy atom. The molecule has 0 spiro atoms. The molecule has 0 aromatic carbocycles. The van der Waals surface area contributed by atoms with Crippen LogP contribution in [0.4, 0.5) is 4.79 Å². The number of likely N-dealkylation sites (tertiary alicyclic amines) is 1. The van der Waals surface area contributed by atoms with E-state index in [9.17, 15) is 9.59 Å². The quantitative estimate of drug-likeness (QED) is 0.917. The molecule has 1 N–H and O–H groups in total. The number of aromatic nitrogens is 2. The van der Waals surface area contributed by atoms with E-state index in [0.717, 1.165) is 18.5 Å². The first kappa shape index (κ1) is 14.9. The topological polar surface area (TPSA) is 84.7 Å². The molecule has 1 saturated heterocycles. The molecule has 1 amide bonds. The summed E-state index contributed by atoms with van der Waals surface area (Å²) >= 11 is 0. The van der Waals surface area contributed by atoms with Crippen molar-refractivity contribution in [2.45, 2.75) is 31.6 Å². The van der Waals surface area contributed by atoms with Gasteiger partial charge in [-0.25, -0.2) is 9.59 Å². The highest BCUT2D eigenvalue weighted by atomic mass is 16.6. The number of piperidine rings is 1. The Bertz CT molecular complexity index is 571. The van der Waals surface area contributed by atoms with E-state index in [1.165, 1.54) is 17.5 Å². The van der Waals surface area contributed by atoms with Gasteiger partial charge in [0.1, 0.15) is 5.69 Å². The van der Waals surface area contributed by atoms with E-state index in [2.05, 4.69) is 5.10 Å². The average molecular weight is 307 g/mol. The number of hydrogen-bond donors (Lipinski definition) is 1. The monoisotopic (exact) mass is 307 g/mol. The molecule has 0 radical (unpaired) electrons. The van der Waals surface area contributed by atoms with E-state index in [1.54, 1.807) is 18.0 Å². The predicted molar refractivity (Wildman–Crippen MR) is 77.8 cm³/mol. The summed E-state index contributed by atoms with van der Waals surface area (Å²) in [5.41, 5.74) is 0.993. The molecule has 0 unspecified atom stereocenters. The predicted octanol–water partition coefficient (Wildman–Crippen LogP) is 1.84. The van der Waals surface area contributed by atoms with Gasteiger partial charge in [-0.1, -0.05) is 0 Å². The lowest BCUT2D eigenvalue weighted by Gasteiger charge is -2.30. The highest BCUT2D eigenvalue weighted by molar-refractivity contribution is 5.85. The van der Waals surface area contributed by atoms with Gasteiger partial charge in [-0.15, -0.1) is 0 Å². The van der Waals surface area contributed by atoms with E-state index in [-0.39, 0.29) is 17.7 Å². The third-order valence-electron chi connectivity index (χ3n) is 4.43. The van der Waals surface area contributed by atoms with Crippen molar-refractivity contribution < 1.29 is 19.4 Å². The molecule has 22 heavy (non-hydrogen) atoms. The van der Waals surface area contributed by atoms with E-state index in [4.69, 9.17) is 9.84 Å². The van der Waals surface area contributed by atoms with Gasteiger partial charge in [0, 0.05) is 26.1 Å². The maximum Gasteiger partial charge on any atom is 0.409 e. The van der Waals surface area contributed by atoms with Crippen LogP contribution >= 0.6 is 0 Å². The fraction of sp³-hybridized carbons (Fsp3) is 0.667. The number of hydrogen-bond acceptors (Lipinski definition) is 4. The highest BCUT2D eigenvalue weighted by Crippen LogP contribution is 2.30. The molecule has 7 heteroatoms. The first-order valence-corrected chi connectivity index (χ1v) is 7.73. The lowest BCUT2D eigenvalue weighted by molar-refractivity contribution is 0.0684. The van der Waals surface area contributed by atoms with Crippen LogP contribution in [0.3, 0.4) is 0 Å². The van der Waals surface area contributed by atoms with Gasteiger partial charge >= 0.3 is 12.1 Å². The smallest absolute Gasteiger partial charge is 0.409 e. The highest BCUT2D eigenvalue weighted by Gasteiger charge is 2.29. The molecule has 7 nitrogen and oxygen atoms in total. The van der Waals surface area contributed by atoms with Gasteiger partial charge in [-0.2, -0.15) is 5.10 Å². The first-order chi connectivity index (χ1) is 10.5. The van der Waals surface area contributed by atoms with Gasteiger partial charge in [-0.05, 0) is 37.7 Å². The maximum atomic E-state index is 11.9. The van der Waals surface area contributed by atoms with Crippen LogP contribution < -0.4 is 0 Å². The number of carboxylic acid groups (broad SMARTS) is 1. The zero-order valence-electron chi connectivity index (χ0n) is 12.7. The summed E-state index contributed by atoms with van der Waals surface area (Å²) in [7, 11) is 1.64. The van der Waals surface area contributed by atoms with Crippen molar-refractivity contribution in [1.82, 2.24) is 14.7 Å². The van der Waals surface area contributed by atoms with Crippen LogP contribution in [0.5, 0.6) is 0 Å². The first-order valence-electron chi connectivity index (χ1n) is 7.73. The van der Waals surface area contributed by atoms with E-state index in [1.807, 2.05) is 0 Å². The third-order valence-corrected chi connectivity index (χ3v) is 4.43. The number of rotatable bonds is 4. The fourth-order valence-electron chi connectivity index (χ4n) is 2.81. The molecule has 0 atom stereocenters. The van der Waals surface area contributed by atoms with Gasteiger partial charge in [0.05, 0.1) is 12.3 Å². The van der Waals surface area contributed by atoms with Crippen LogP contribution in [-0.4, -0.2) is 51.5 Å². The van der Waals surface area contributed by atoms with Crippen LogP contribution in [-0.2, 0) is 11.8 Å². The molecule has 0 bridgehead atoms. The Morgan fingerprint density at radius 1 is 1.32 bits per heavy atom. The maximum absolute atomic E-state index is 11.9. The Morgan fingerprint density at radius 3 is 2.55 bits per heavy atom. The number of carboxylic acids is 1. The second kappa shape index (κ2) is 5.98. The minimum absolute atomic E-state index is 0.196. The minimum Gasteiger partial charge on any atom is -0.477 e. The Hall–Kier alpha value is -2.05. The summed E-state index contributed by atoms with van der Waals surface area (Å²) in [5, 5.41) is 13.4. The number of carbonyl (C=O) groups is 2. The van der Waals surface area contributed by atoms with Gasteiger partial charge < -0.3 is 14.7 Å². The van der Waals surface area contributed by atoms with Gasteiger partial charge in [-0.3, -0.25) is 4.68 Å². The van der Waals surface area contributed by atoms with Crippen molar-refractivity contribution in [3.8, 4) is 0 Å². The van der Waals surface area contributed by atoms with Crippen LogP contribution in [0.1, 0.15) is 47.8 Å². The van der Waals surface area contributed by atoms with Crippen LogP contribution in [0.2, 0.25) is 0 Å². The van der Waals surface area contributed by atoms with Gasteiger partial charge in [0.25, 0.3) is 0 Å². The number of ether oxygens (including phenoxy) is 1. The number of amides is 1. The SMILES string of the molecule is Cn1nc(C2CCN(C(=O)OCC3CC3)CC2)cc1C(=O)O. The third kappa shape index (κ3) is 3.23. The lowest BCUT2D eigenvalue weighted by Crippen LogP contribution is -2.38. The summed E-state index contributed by atoms with van der Waals surface area (Å²) in [5.74, 6) is -0.196. The zero-order chi connectivity index (χ0) is 15.7. The van der Waals surface area contributed by atoms with Crippen molar-refractivity contribution in [1.29, 1.82) is 0 Å². The molecular weight excluding hydrogens is 286 g/mol. The molecular formula is C15H21N3O4. The molecule has 1 aromatic rings. The number of nitrogens with zero attached hydrogens (tertiary/aromatic N) is 3. The van der Waals surface area contributed by atoms with Crippen molar-refractivity contribution in [2.24, 2.45) is 13.0 Å². The molecule has 120 valence electrons. The van der Waals surface area contributed by atoms with E-state index in [0.29, 0.717) is 25.6 Å². The summed E-state index contributed by atoms with van der Waals surface area (Å²) in [6, 6.07) is 1.63. The molecule has 1 aromatic heterocycles. The standard InChI is InChI=1S/C15H21N3O4/c1-17-13(14(19)20)8-12(16-17)11-4-6-18(7-5-11)15(21)22-9-10-2-3-10/h8,10-11H,2-7,9H2,1H3,(H,19,20). The Labute approximate surface area is 128 Å².